The van der Waals surface area contributed by atoms with Gasteiger partial charge in [-0.2, -0.15) is 0 Å². The fourth-order valence-electron chi connectivity index (χ4n) is 1.40. The van der Waals surface area contributed by atoms with Crippen LogP contribution in [0.1, 0.15) is 26.0 Å². The number of rotatable bonds is 3. The van der Waals surface area contributed by atoms with Gasteiger partial charge < -0.3 is 5.32 Å². The topological polar surface area (TPSA) is 50.2 Å². The smallest absolute Gasteiger partial charge is 0.157 e. The maximum atomic E-state index is 4.52. The minimum atomic E-state index is 0.204. The van der Waals surface area contributed by atoms with Crippen LogP contribution in [0.5, 0.6) is 0 Å². The van der Waals surface area contributed by atoms with E-state index >= 15 is 0 Å². The lowest BCUT2D eigenvalue weighted by Crippen LogP contribution is -2.39. The molecule has 2 rings (SSSR count). The van der Waals surface area contributed by atoms with Gasteiger partial charge in [0, 0.05) is 17.5 Å². The van der Waals surface area contributed by atoms with Crippen molar-refractivity contribution in [3.8, 4) is 0 Å². The molecule has 0 radical (unpaired) electrons. The van der Waals surface area contributed by atoms with Crippen LogP contribution in [-0.4, -0.2) is 26.4 Å². The van der Waals surface area contributed by atoms with Crippen LogP contribution >= 0.6 is 11.8 Å². The first-order valence-electron chi connectivity index (χ1n) is 5.42. The Morgan fingerprint density at radius 3 is 3.12 bits per heavy atom. The number of nitrogens with zero attached hydrogens (tertiary/aromatic N) is 3. The molecule has 0 aliphatic carbocycles. The van der Waals surface area contributed by atoms with Crippen molar-refractivity contribution in [2.75, 3.05) is 5.75 Å². The second kappa shape index (κ2) is 4.82. The fraction of sp³-hybridized carbons (Fsp3) is 0.545. The predicted molar refractivity (Wildman–Crippen MR) is 67.5 cm³/mol. The van der Waals surface area contributed by atoms with Crippen LogP contribution in [-0.2, 0) is 6.54 Å². The molecule has 1 atom stereocenters. The summed E-state index contributed by atoms with van der Waals surface area (Å²) < 4.78 is 0. The molecule has 1 aromatic heterocycles. The molecule has 0 bridgehead atoms. The normalized spacial score (nSPS) is 27.0. The van der Waals surface area contributed by atoms with Crippen molar-refractivity contribution in [1.82, 2.24) is 15.3 Å². The van der Waals surface area contributed by atoms with Crippen LogP contribution < -0.4 is 5.32 Å². The maximum Gasteiger partial charge on any atom is 0.157 e. The summed E-state index contributed by atoms with van der Waals surface area (Å²) >= 11 is 1.79. The molecule has 2 heterocycles. The Labute approximate surface area is 100.0 Å². The van der Waals surface area contributed by atoms with Crippen LogP contribution in [0.15, 0.2) is 23.6 Å². The Morgan fingerprint density at radius 2 is 2.50 bits per heavy atom. The standard InChI is InChI=1S/C11H16N4S/c1-3-11(2)7-16-10(15-11)13-6-9-4-5-12-8-14-9/h4-5,8H,3,6-7H2,1-2H3,(H,13,15). The van der Waals surface area contributed by atoms with Gasteiger partial charge >= 0.3 is 0 Å². The monoisotopic (exact) mass is 236 g/mol. The van der Waals surface area contributed by atoms with Crippen LogP contribution in [0.3, 0.4) is 0 Å². The van der Waals surface area contributed by atoms with Crippen molar-refractivity contribution in [3.63, 3.8) is 0 Å². The molecule has 1 aliphatic rings. The van der Waals surface area contributed by atoms with Gasteiger partial charge in [-0.3, -0.25) is 4.99 Å². The summed E-state index contributed by atoms with van der Waals surface area (Å²) in [5, 5.41) is 4.49. The molecule has 1 N–H and O–H groups in total. The van der Waals surface area contributed by atoms with Crippen molar-refractivity contribution in [1.29, 1.82) is 0 Å². The zero-order valence-corrected chi connectivity index (χ0v) is 10.4. The van der Waals surface area contributed by atoms with Gasteiger partial charge in [0.15, 0.2) is 5.17 Å². The van der Waals surface area contributed by atoms with Gasteiger partial charge in [0.1, 0.15) is 6.33 Å². The van der Waals surface area contributed by atoms with E-state index < -0.39 is 0 Å². The second-order valence-corrected chi connectivity index (χ2v) is 5.11. The van der Waals surface area contributed by atoms with Crippen LogP contribution in [0.2, 0.25) is 0 Å². The first kappa shape index (κ1) is 11.4. The molecular weight excluding hydrogens is 220 g/mol. The largest absolute Gasteiger partial charge is 0.359 e. The minimum absolute atomic E-state index is 0.204. The third-order valence-corrected chi connectivity index (χ3v) is 4.03. The van der Waals surface area contributed by atoms with Gasteiger partial charge in [-0.25, -0.2) is 9.97 Å². The Kier molecular flexibility index (Phi) is 3.43. The van der Waals surface area contributed by atoms with Gasteiger partial charge in [0.25, 0.3) is 0 Å². The van der Waals surface area contributed by atoms with Gasteiger partial charge in [-0.1, -0.05) is 18.7 Å². The summed E-state index contributed by atoms with van der Waals surface area (Å²) in [5.74, 6) is 1.09. The number of aliphatic imine (C=N–C) groups is 1. The van der Waals surface area contributed by atoms with E-state index in [-0.39, 0.29) is 5.54 Å². The molecule has 0 spiro atoms. The molecule has 1 aromatic rings. The summed E-state index contributed by atoms with van der Waals surface area (Å²) in [6, 6.07) is 1.89. The van der Waals surface area contributed by atoms with E-state index in [1.807, 2.05) is 6.07 Å². The first-order valence-corrected chi connectivity index (χ1v) is 6.41. The third kappa shape index (κ3) is 2.72. The molecule has 4 nitrogen and oxygen atoms in total. The van der Waals surface area contributed by atoms with Crippen molar-refractivity contribution >= 4 is 16.9 Å². The summed E-state index contributed by atoms with van der Waals surface area (Å²) in [5.41, 5.74) is 1.16. The van der Waals surface area contributed by atoms with Crippen molar-refractivity contribution in [3.05, 3.63) is 24.3 Å². The molecule has 0 saturated carbocycles. The number of nitrogens with one attached hydrogen (secondary N) is 1. The third-order valence-electron chi connectivity index (χ3n) is 2.74. The van der Waals surface area contributed by atoms with Crippen LogP contribution in [0.4, 0.5) is 0 Å². The van der Waals surface area contributed by atoms with E-state index in [0.29, 0.717) is 6.54 Å². The van der Waals surface area contributed by atoms with E-state index in [4.69, 9.17) is 0 Å². The molecule has 0 amide bonds. The number of hydrogen-bond acceptors (Lipinski definition) is 4. The Hall–Kier alpha value is -1.10. The quantitative estimate of drug-likeness (QED) is 0.870. The molecule has 1 saturated heterocycles. The van der Waals surface area contributed by atoms with Crippen molar-refractivity contribution in [2.45, 2.75) is 32.4 Å². The van der Waals surface area contributed by atoms with Crippen molar-refractivity contribution < 1.29 is 0 Å². The van der Waals surface area contributed by atoms with Gasteiger partial charge in [0.05, 0.1) is 12.2 Å². The van der Waals surface area contributed by atoms with Gasteiger partial charge in [-0.15, -0.1) is 0 Å². The predicted octanol–water partition coefficient (Wildman–Crippen LogP) is 1.84. The molecule has 1 aliphatic heterocycles. The molecule has 5 heteroatoms. The van der Waals surface area contributed by atoms with Crippen LogP contribution in [0.25, 0.3) is 0 Å². The first-order chi connectivity index (χ1) is 7.72. The highest BCUT2D eigenvalue weighted by atomic mass is 32.2. The second-order valence-electron chi connectivity index (χ2n) is 4.15. The number of aromatic nitrogens is 2. The average molecular weight is 236 g/mol. The summed E-state index contributed by atoms with van der Waals surface area (Å²) in [4.78, 5) is 12.5. The number of thioether (sulfide) groups is 1. The molecule has 0 aromatic carbocycles. The molecule has 86 valence electrons. The highest BCUT2D eigenvalue weighted by Crippen LogP contribution is 2.25. The van der Waals surface area contributed by atoms with E-state index in [1.165, 1.54) is 0 Å². The lowest BCUT2D eigenvalue weighted by Gasteiger charge is -2.20. The molecule has 1 fully saturated rings. The number of amidine groups is 1. The van der Waals surface area contributed by atoms with E-state index in [9.17, 15) is 0 Å². The van der Waals surface area contributed by atoms with E-state index in [0.717, 1.165) is 23.0 Å². The van der Waals surface area contributed by atoms with Gasteiger partial charge in [0.2, 0.25) is 0 Å². The number of hydrogen-bond donors (Lipinski definition) is 1. The lowest BCUT2D eigenvalue weighted by atomic mass is 10.0. The van der Waals surface area contributed by atoms with Gasteiger partial charge in [-0.05, 0) is 19.4 Å². The summed E-state index contributed by atoms with van der Waals surface area (Å²) in [6.07, 6.45) is 4.42. The highest BCUT2D eigenvalue weighted by molar-refractivity contribution is 8.14. The van der Waals surface area contributed by atoms with E-state index in [2.05, 4.69) is 34.1 Å². The molecule has 16 heavy (non-hydrogen) atoms. The summed E-state index contributed by atoms with van der Waals surface area (Å²) in [7, 11) is 0. The highest BCUT2D eigenvalue weighted by Gasteiger charge is 2.30. The zero-order chi connectivity index (χ0) is 11.4. The Balaban J connectivity index is 1.95. The maximum absolute atomic E-state index is 4.52. The lowest BCUT2D eigenvalue weighted by molar-refractivity contribution is 0.466. The average Bonchev–Trinajstić information content (AvgIpc) is 2.71. The Morgan fingerprint density at radius 1 is 1.62 bits per heavy atom. The summed E-state index contributed by atoms with van der Waals surface area (Å²) in [6.45, 7) is 5.05. The minimum Gasteiger partial charge on any atom is -0.359 e. The SMILES string of the molecule is CCC1(C)CSC(=NCc2ccncn2)N1. The Bertz CT molecular complexity index is 379. The van der Waals surface area contributed by atoms with Crippen molar-refractivity contribution in [2.24, 2.45) is 4.99 Å². The fourth-order valence-corrected chi connectivity index (χ4v) is 2.60. The molecule has 1 unspecified atom stereocenters. The zero-order valence-electron chi connectivity index (χ0n) is 9.60. The van der Waals surface area contributed by atoms with E-state index in [1.54, 1.807) is 24.3 Å². The van der Waals surface area contributed by atoms with Crippen LogP contribution in [0, 0.1) is 0 Å². The molecular formula is C11H16N4S.